The van der Waals surface area contributed by atoms with Gasteiger partial charge in [0, 0.05) is 31.7 Å². The van der Waals surface area contributed by atoms with Gasteiger partial charge >= 0.3 is 6.01 Å². The molecule has 0 unspecified atom stereocenters. The molecule has 1 aromatic carbocycles. The number of nitrogens with one attached hydrogen (secondary N) is 1. The van der Waals surface area contributed by atoms with Gasteiger partial charge in [-0.2, -0.15) is 0 Å². The van der Waals surface area contributed by atoms with Gasteiger partial charge in [-0.3, -0.25) is 0 Å². The van der Waals surface area contributed by atoms with Gasteiger partial charge in [0.1, 0.15) is 5.82 Å². The Morgan fingerprint density at radius 2 is 2.06 bits per heavy atom. The fourth-order valence-electron chi connectivity index (χ4n) is 1.94. The van der Waals surface area contributed by atoms with Gasteiger partial charge in [0.2, 0.25) is 5.89 Å². The van der Waals surface area contributed by atoms with Crippen molar-refractivity contribution in [3.05, 3.63) is 30.1 Å². The molecule has 0 amide bonds. The SMILES string of the molecule is Fc1cccc(-c2nnc(N3CCNCC3)o2)c1. The van der Waals surface area contributed by atoms with Crippen molar-refractivity contribution in [3.8, 4) is 11.5 Å². The molecule has 0 aliphatic carbocycles. The molecule has 0 spiro atoms. The van der Waals surface area contributed by atoms with Gasteiger partial charge in [-0.1, -0.05) is 11.2 Å². The minimum Gasteiger partial charge on any atom is -0.403 e. The maximum atomic E-state index is 13.1. The standard InChI is InChI=1S/C12H13FN4O/c13-10-3-1-2-9(8-10)11-15-16-12(18-11)17-6-4-14-5-7-17/h1-3,8,14H,4-7H2. The Labute approximate surface area is 104 Å². The summed E-state index contributed by atoms with van der Waals surface area (Å²) in [4.78, 5) is 2.02. The number of rotatable bonds is 2. The van der Waals surface area contributed by atoms with E-state index in [1.807, 2.05) is 4.90 Å². The molecule has 0 bridgehead atoms. The summed E-state index contributed by atoms with van der Waals surface area (Å²) in [6, 6.07) is 6.64. The van der Waals surface area contributed by atoms with Crippen LogP contribution in [0.3, 0.4) is 0 Å². The summed E-state index contributed by atoms with van der Waals surface area (Å²) in [5.74, 6) is 0.0393. The molecule has 0 radical (unpaired) electrons. The van der Waals surface area contributed by atoms with Crippen molar-refractivity contribution < 1.29 is 8.81 Å². The van der Waals surface area contributed by atoms with Gasteiger partial charge in [0.25, 0.3) is 0 Å². The van der Waals surface area contributed by atoms with Crippen LogP contribution in [-0.4, -0.2) is 36.4 Å². The Morgan fingerprint density at radius 1 is 1.22 bits per heavy atom. The highest BCUT2D eigenvalue weighted by atomic mass is 19.1. The molecule has 2 aromatic rings. The highest BCUT2D eigenvalue weighted by Gasteiger charge is 2.17. The lowest BCUT2D eigenvalue weighted by molar-refractivity contribution is 0.505. The van der Waals surface area contributed by atoms with E-state index < -0.39 is 0 Å². The Kier molecular flexibility index (Phi) is 2.93. The van der Waals surface area contributed by atoms with E-state index in [1.165, 1.54) is 12.1 Å². The number of halogens is 1. The molecule has 3 rings (SSSR count). The van der Waals surface area contributed by atoms with Crippen molar-refractivity contribution >= 4 is 6.01 Å². The van der Waals surface area contributed by atoms with Gasteiger partial charge in [-0.05, 0) is 18.2 Å². The summed E-state index contributed by atoms with van der Waals surface area (Å²) in [6.45, 7) is 3.48. The molecule has 1 saturated heterocycles. The molecule has 94 valence electrons. The highest BCUT2D eigenvalue weighted by molar-refractivity contribution is 5.53. The molecule has 1 fully saturated rings. The van der Waals surface area contributed by atoms with E-state index in [-0.39, 0.29) is 5.82 Å². The lowest BCUT2D eigenvalue weighted by Crippen LogP contribution is -2.43. The Bertz CT molecular complexity index is 536. The van der Waals surface area contributed by atoms with Crippen LogP contribution < -0.4 is 10.2 Å². The zero-order chi connectivity index (χ0) is 12.4. The minimum absolute atomic E-state index is 0.311. The molecule has 1 aliphatic heterocycles. The molecule has 1 aromatic heterocycles. The van der Waals surface area contributed by atoms with Crippen LogP contribution in [0.5, 0.6) is 0 Å². The first-order chi connectivity index (χ1) is 8.83. The smallest absolute Gasteiger partial charge is 0.318 e. The molecular formula is C12H13FN4O. The van der Waals surface area contributed by atoms with Crippen LogP contribution in [0.2, 0.25) is 0 Å². The molecule has 1 N–H and O–H groups in total. The predicted octanol–water partition coefficient (Wildman–Crippen LogP) is 1.29. The van der Waals surface area contributed by atoms with Gasteiger partial charge in [0.05, 0.1) is 0 Å². The van der Waals surface area contributed by atoms with E-state index in [0.29, 0.717) is 17.5 Å². The first kappa shape index (κ1) is 11.2. The zero-order valence-corrected chi connectivity index (χ0v) is 9.77. The predicted molar refractivity (Wildman–Crippen MR) is 64.8 cm³/mol. The van der Waals surface area contributed by atoms with Gasteiger partial charge in [0.15, 0.2) is 0 Å². The molecule has 0 atom stereocenters. The lowest BCUT2D eigenvalue weighted by atomic mass is 10.2. The second kappa shape index (κ2) is 4.73. The third-order valence-electron chi connectivity index (χ3n) is 2.87. The van der Waals surface area contributed by atoms with E-state index >= 15 is 0 Å². The molecule has 1 aliphatic rings. The maximum absolute atomic E-state index is 13.1. The van der Waals surface area contributed by atoms with Crippen molar-refractivity contribution in [3.63, 3.8) is 0 Å². The number of anilines is 1. The summed E-state index contributed by atoms with van der Waals surface area (Å²) < 4.78 is 18.7. The first-order valence-electron chi connectivity index (χ1n) is 5.88. The topological polar surface area (TPSA) is 54.2 Å². The van der Waals surface area contributed by atoms with Crippen molar-refractivity contribution in [2.75, 3.05) is 31.1 Å². The third-order valence-corrected chi connectivity index (χ3v) is 2.87. The molecule has 6 heteroatoms. The van der Waals surface area contributed by atoms with Crippen LogP contribution in [0.1, 0.15) is 0 Å². The molecule has 2 heterocycles. The Balaban J connectivity index is 1.84. The van der Waals surface area contributed by atoms with Crippen LogP contribution in [0.25, 0.3) is 11.5 Å². The average Bonchev–Trinajstić information content (AvgIpc) is 2.89. The van der Waals surface area contributed by atoms with Crippen molar-refractivity contribution in [1.29, 1.82) is 0 Å². The molecule has 0 saturated carbocycles. The van der Waals surface area contributed by atoms with E-state index in [4.69, 9.17) is 4.42 Å². The lowest BCUT2D eigenvalue weighted by Gasteiger charge is -2.24. The average molecular weight is 248 g/mol. The van der Waals surface area contributed by atoms with Crippen LogP contribution in [0.15, 0.2) is 28.7 Å². The third kappa shape index (κ3) is 2.19. The number of hydrogen-bond acceptors (Lipinski definition) is 5. The Morgan fingerprint density at radius 3 is 2.83 bits per heavy atom. The van der Waals surface area contributed by atoms with Crippen LogP contribution in [-0.2, 0) is 0 Å². The molecule has 18 heavy (non-hydrogen) atoms. The summed E-state index contributed by atoms with van der Waals surface area (Å²) in [6.07, 6.45) is 0. The molecular weight excluding hydrogens is 235 g/mol. The number of nitrogens with zero attached hydrogens (tertiary/aromatic N) is 3. The van der Waals surface area contributed by atoms with Crippen LogP contribution in [0, 0.1) is 5.82 Å². The van der Waals surface area contributed by atoms with Gasteiger partial charge in [-0.25, -0.2) is 4.39 Å². The van der Waals surface area contributed by atoms with Crippen molar-refractivity contribution in [2.45, 2.75) is 0 Å². The molecule has 5 nitrogen and oxygen atoms in total. The van der Waals surface area contributed by atoms with Gasteiger partial charge < -0.3 is 14.6 Å². The number of benzene rings is 1. The number of aromatic nitrogens is 2. The van der Waals surface area contributed by atoms with Crippen molar-refractivity contribution in [1.82, 2.24) is 15.5 Å². The van der Waals surface area contributed by atoms with Gasteiger partial charge in [-0.15, -0.1) is 5.10 Å². The van der Waals surface area contributed by atoms with Crippen molar-refractivity contribution in [2.24, 2.45) is 0 Å². The monoisotopic (exact) mass is 248 g/mol. The summed E-state index contributed by atoms with van der Waals surface area (Å²) in [7, 11) is 0. The van der Waals surface area contributed by atoms with E-state index in [2.05, 4.69) is 15.5 Å². The second-order valence-corrected chi connectivity index (χ2v) is 4.14. The maximum Gasteiger partial charge on any atom is 0.318 e. The summed E-state index contributed by atoms with van der Waals surface area (Å²) in [5.41, 5.74) is 0.601. The highest BCUT2D eigenvalue weighted by Crippen LogP contribution is 2.22. The van der Waals surface area contributed by atoms with Crippen LogP contribution >= 0.6 is 0 Å². The first-order valence-corrected chi connectivity index (χ1v) is 5.88. The van der Waals surface area contributed by atoms with E-state index in [1.54, 1.807) is 12.1 Å². The fourth-order valence-corrected chi connectivity index (χ4v) is 1.94. The normalized spacial score (nSPS) is 15.9. The number of piperazine rings is 1. The van der Waals surface area contributed by atoms with Crippen LogP contribution in [0.4, 0.5) is 10.4 Å². The zero-order valence-electron chi connectivity index (χ0n) is 9.77. The summed E-state index contributed by atoms with van der Waals surface area (Å²) in [5, 5.41) is 11.2. The minimum atomic E-state index is -0.311. The quantitative estimate of drug-likeness (QED) is 0.867. The summed E-state index contributed by atoms with van der Waals surface area (Å²) >= 11 is 0. The number of hydrogen-bond donors (Lipinski definition) is 1. The Hall–Kier alpha value is -1.95. The fraction of sp³-hybridized carbons (Fsp3) is 0.333. The largest absolute Gasteiger partial charge is 0.403 e. The van der Waals surface area contributed by atoms with E-state index in [9.17, 15) is 4.39 Å². The second-order valence-electron chi connectivity index (χ2n) is 4.14. The van der Waals surface area contributed by atoms with E-state index in [0.717, 1.165) is 26.2 Å².